The van der Waals surface area contributed by atoms with Crippen LogP contribution < -0.4 is 11.5 Å². The number of nitrogens with two attached hydrogens (primary N) is 2. The number of nitrogen functional groups attached to an aromatic ring is 2. The number of nitrogens with zero attached hydrogens (tertiary/aromatic N) is 1. The summed E-state index contributed by atoms with van der Waals surface area (Å²) in [5.41, 5.74) is 12.5. The number of para-hydroxylation sites is 3. The Kier molecular flexibility index (Phi) is 20.4. The molecule has 0 aliphatic rings. The second-order valence-corrected chi connectivity index (χ2v) is 5.76. The summed E-state index contributed by atoms with van der Waals surface area (Å²) in [5.74, 6) is 0. The summed E-state index contributed by atoms with van der Waals surface area (Å²) >= 11 is 0. The van der Waals surface area contributed by atoms with Crippen molar-refractivity contribution in [2.75, 3.05) is 11.5 Å². The van der Waals surface area contributed by atoms with Crippen LogP contribution in [-0.2, 0) is 10.4 Å². The topological polar surface area (TPSA) is 170 Å². The summed E-state index contributed by atoms with van der Waals surface area (Å²) in [6.07, 6.45) is 0. The molecule has 0 bridgehead atoms. The molecule has 3 aromatic rings. The molecule has 0 aliphatic heterocycles. The molecule has 12 heteroatoms. The molecule has 159 valence electrons. The number of nitro groups is 1. The molecule has 0 saturated carbocycles. The van der Waals surface area contributed by atoms with Crippen molar-refractivity contribution in [3.8, 4) is 0 Å². The summed E-state index contributed by atoms with van der Waals surface area (Å²) in [7, 11) is -4.67. The van der Waals surface area contributed by atoms with Crippen molar-refractivity contribution in [3.63, 3.8) is 0 Å². The maximum atomic E-state index is 10.0. The van der Waals surface area contributed by atoms with Gasteiger partial charge in [0.05, 0.1) is 4.92 Å². The van der Waals surface area contributed by atoms with Crippen molar-refractivity contribution < 1.29 is 22.4 Å². The Morgan fingerprint density at radius 1 is 0.700 bits per heavy atom. The number of rotatable bonds is 1. The minimum atomic E-state index is -4.67. The van der Waals surface area contributed by atoms with Crippen LogP contribution in [-0.4, -0.2) is 52.0 Å². The molecule has 1 radical (unpaired) electrons. The van der Waals surface area contributed by atoms with Gasteiger partial charge in [0.25, 0.3) is 5.69 Å². The molecule has 0 aromatic heterocycles. The second kappa shape index (κ2) is 18.8. The van der Waals surface area contributed by atoms with Gasteiger partial charge in [-0.2, -0.15) is 8.42 Å². The summed E-state index contributed by atoms with van der Waals surface area (Å²) in [6.45, 7) is 0. The quantitative estimate of drug-likeness (QED) is 0.139. The van der Waals surface area contributed by atoms with E-state index in [1.165, 1.54) is 12.1 Å². The van der Waals surface area contributed by atoms with Crippen molar-refractivity contribution in [2.24, 2.45) is 0 Å². The largest absolute Gasteiger partial charge is 0.399 e. The SMILES string of the molecule is Cl.Nc1ccccc1.Nc1ccccc1.O=S(=O)(O)O.O=[N+]([O-])c1ccccc1.[Na]. The number of anilines is 2. The average molecular weight is 467 g/mol. The van der Waals surface area contributed by atoms with Crippen molar-refractivity contribution in [1.82, 2.24) is 0 Å². The fraction of sp³-hybridized carbons (Fsp3) is 0. The van der Waals surface area contributed by atoms with E-state index in [0.717, 1.165) is 11.4 Å². The van der Waals surface area contributed by atoms with E-state index >= 15 is 0 Å². The van der Waals surface area contributed by atoms with Gasteiger partial charge in [0.1, 0.15) is 0 Å². The standard InChI is InChI=1S/C6H5NO2.2C6H7N.ClH.Na.H2O4S/c8-7(9)6-4-2-1-3-5-6;2*7-6-4-2-1-3-5-6;;;1-5(2,3)4/h1-5H;2*1-5H,7H2;1H;;(H2,1,2,3,4). The second-order valence-electron chi connectivity index (χ2n) is 4.86. The third-order valence-corrected chi connectivity index (χ3v) is 2.57. The van der Waals surface area contributed by atoms with E-state index in [0.29, 0.717) is 0 Å². The Hall–Kier alpha value is -2.18. The number of hydrogen-bond donors (Lipinski definition) is 4. The molecule has 0 spiro atoms. The van der Waals surface area contributed by atoms with Crippen LogP contribution in [0.2, 0.25) is 0 Å². The summed E-state index contributed by atoms with van der Waals surface area (Å²) < 4.78 is 31.6. The van der Waals surface area contributed by atoms with E-state index < -0.39 is 15.3 Å². The van der Waals surface area contributed by atoms with E-state index in [4.69, 9.17) is 29.0 Å². The van der Waals surface area contributed by atoms with Gasteiger partial charge < -0.3 is 11.5 Å². The molecule has 0 fully saturated rings. The molecule has 0 heterocycles. The zero-order valence-electron chi connectivity index (χ0n) is 16.1. The van der Waals surface area contributed by atoms with E-state index in [-0.39, 0.29) is 47.7 Å². The first kappa shape index (κ1) is 32.5. The summed E-state index contributed by atoms with van der Waals surface area (Å²) in [4.78, 5) is 9.59. The molecule has 0 saturated heterocycles. The Morgan fingerprint density at radius 2 is 0.933 bits per heavy atom. The number of halogens is 1. The predicted molar refractivity (Wildman–Crippen MR) is 122 cm³/mol. The van der Waals surface area contributed by atoms with E-state index in [1.807, 2.05) is 60.7 Å². The third kappa shape index (κ3) is 23.9. The van der Waals surface area contributed by atoms with Crippen LogP contribution in [0.25, 0.3) is 0 Å². The molecule has 0 aliphatic carbocycles. The minimum Gasteiger partial charge on any atom is -0.399 e. The maximum absolute atomic E-state index is 10.0. The summed E-state index contributed by atoms with van der Waals surface area (Å²) in [6, 6.07) is 26.9. The Balaban J connectivity index is -0.000000323. The minimum absolute atomic E-state index is 0. The predicted octanol–water partition coefficient (Wildman–Crippen LogP) is 3.52. The Bertz CT molecular complexity index is 859. The van der Waals surface area contributed by atoms with Gasteiger partial charge in [0, 0.05) is 53.1 Å². The average Bonchev–Trinajstić information content (AvgIpc) is 2.63. The first-order chi connectivity index (χ1) is 13.1. The van der Waals surface area contributed by atoms with Crippen LogP contribution in [0.5, 0.6) is 0 Å². The van der Waals surface area contributed by atoms with Crippen LogP contribution >= 0.6 is 12.4 Å². The molecule has 3 rings (SSSR count). The fourth-order valence-electron chi connectivity index (χ4n) is 1.46. The number of non-ortho nitro benzene ring substituents is 1. The van der Waals surface area contributed by atoms with Gasteiger partial charge in [0.15, 0.2) is 0 Å². The number of hydrogen-bond acceptors (Lipinski definition) is 6. The number of nitro benzene ring substituents is 1. The molecule has 0 atom stereocenters. The van der Waals surface area contributed by atoms with Gasteiger partial charge in [-0.25, -0.2) is 0 Å². The van der Waals surface area contributed by atoms with Gasteiger partial charge in [-0.15, -0.1) is 12.4 Å². The van der Waals surface area contributed by atoms with Crippen molar-refractivity contribution in [1.29, 1.82) is 0 Å². The van der Waals surface area contributed by atoms with Gasteiger partial charge in [-0.05, 0) is 24.3 Å². The van der Waals surface area contributed by atoms with Gasteiger partial charge >= 0.3 is 10.4 Å². The molecule has 30 heavy (non-hydrogen) atoms. The molecule has 3 aromatic carbocycles. The Labute approximate surface area is 203 Å². The molecular formula is C18H22ClN3NaO6S. The van der Waals surface area contributed by atoms with Gasteiger partial charge in [0.2, 0.25) is 0 Å². The first-order valence-corrected chi connectivity index (χ1v) is 8.99. The smallest absolute Gasteiger partial charge is 0.394 e. The van der Waals surface area contributed by atoms with E-state index in [1.54, 1.807) is 18.2 Å². The van der Waals surface area contributed by atoms with Crippen LogP contribution in [0, 0.1) is 10.1 Å². The zero-order valence-corrected chi connectivity index (χ0v) is 19.7. The number of benzene rings is 3. The monoisotopic (exact) mass is 466 g/mol. The fourth-order valence-corrected chi connectivity index (χ4v) is 1.46. The molecule has 0 unspecified atom stereocenters. The zero-order chi connectivity index (χ0) is 21.4. The summed E-state index contributed by atoms with van der Waals surface area (Å²) in [5, 5.41) is 10.0. The van der Waals surface area contributed by atoms with Crippen LogP contribution in [0.1, 0.15) is 0 Å². The molecular weight excluding hydrogens is 445 g/mol. The van der Waals surface area contributed by atoms with Gasteiger partial charge in [-0.3, -0.25) is 19.2 Å². The third-order valence-electron chi connectivity index (χ3n) is 2.57. The van der Waals surface area contributed by atoms with Crippen LogP contribution in [0.15, 0.2) is 91.0 Å². The Morgan fingerprint density at radius 3 is 1.07 bits per heavy atom. The van der Waals surface area contributed by atoms with Crippen LogP contribution in [0.3, 0.4) is 0 Å². The molecule has 6 N–H and O–H groups in total. The van der Waals surface area contributed by atoms with Crippen molar-refractivity contribution in [2.45, 2.75) is 0 Å². The van der Waals surface area contributed by atoms with Crippen molar-refractivity contribution >= 4 is 69.4 Å². The van der Waals surface area contributed by atoms with E-state index in [9.17, 15) is 10.1 Å². The first-order valence-electron chi connectivity index (χ1n) is 7.60. The molecule has 0 amide bonds. The normalized spacial score (nSPS) is 8.60. The van der Waals surface area contributed by atoms with E-state index in [2.05, 4.69) is 0 Å². The van der Waals surface area contributed by atoms with Crippen molar-refractivity contribution in [3.05, 3.63) is 101 Å². The maximum Gasteiger partial charge on any atom is 0.394 e. The van der Waals surface area contributed by atoms with Gasteiger partial charge in [-0.1, -0.05) is 54.6 Å². The van der Waals surface area contributed by atoms with Crippen LogP contribution in [0.4, 0.5) is 17.1 Å². The molecule has 9 nitrogen and oxygen atoms in total.